The van der Waals surface area contributed by atoms with Crippen LogP contribution in [-0.4, -0.2) is 29.0 Å². The highest BCUT2D eigenvalue weighted by atomic mass is 35.5. The molecular formula is C11H15ClN4O2. The second-order valence-electron chi connectivity index (χ2n) is 4.29. The fourth-order valence-corrected chi connectivity index (χ4v) is 2.25. The van der Waals surface area contributed by atoms with E-state index in [1.54, 1.807) is 0 Å². The molecule has 2 N–H and O–H groups in total. The first-order chi connectivity index (χ1) is 8.66. The molecule has 0 unspecified atom stereocenters. The number of pyridine rings is 1. The largest absolute Gasteiger partial charge is 0.369 e. The van der Waals surface area contributed by atoms with E-state index in [-0.39, 0.29) is 10.7 Å². The maximum Gasteiger partial charge on any atom is 0.289 e. The number of anilines is 1. The van der Waals surface area contributed by atoms with Crippen molar-refractivity contribution in [3.05, 3.63) is 27.4 Å². The van der Waals surface area contributed by atoms with Crippen molar-refractivity contribution in [2.24, 2.45) is 0 Å². The van der Waals surface area contributed by atoms with Crippen molar-refractivity contribution in [2.45, 2.75) is 25.3 Å². The lowest BCUT2D eigenvalue weighted by Crippen LogP contribution is -2.24. The van der Waals surface area contributed by atoms with E-state index in [2.05, 4.69) is 15.6 Å². The van der Waals surface area contributed by atoms with Crippen LogP contribution in [0.5, 0.6) is 0 Å². The summed E-state index contributed by atoms with van der Waals surface area (Å²) >= 11 is 5.92. The van der Waals surface area contributed by atoms with Crippen LogP contribution in [0, 0.1) is 10.1 Å². The maximum absolute atomic E-state index is 10.5. The average molecular weight is 271 g/mol. The molecule has 0 amide bonds. The van der Waals surface area contributed by atoms with Crippen molar-refractivity contribution < 1.29 is 4.92 Å². The molecule has 2 rings (SSSR count). The minimum absolute atomic E-state index is 0.0944. The topological polar surface area (TPSA) is 80.1 Å². The molecule has 6 nitrogen and oxygen atoms in total. The molecule has 0 aliphatic carbocycles. The zero-order valence-corrected chi connectivity index (χ0v) is 10.6. The van der Waals surface area contributed by atoms with E-state index in [4.69, 9.17) is 11.6 Å². The van der Waals surface area contributed by atoms with Gasteiger partial charge in [-0.1, -0.05) is 11.6 Å². The van der Waals surface area contributed by atoms with Crippen LogP contribution in [-0.2, 0) is 0 Å². The molecule has 18 heavy (non-hydrogen) atoms. The predicted octanol–water partition coefficient (Wildman–Crippen LogP) is 2.20. The molecule has 2 heterocycles. The normalized spacial score (nSPS) is 18.8. The smallest absolute Gasteiger partial charge is 0.289 e. The molecule has 0 aromatic carbocycles. The molecule has 1 fully saturated rings. The summed E-state index contributed by atoms with van der Waals surface area (Å²) in [4.78, 5) is 14.0. The van der Waals surface area contributed by atoms with Gasteiger partial charge in [0.05, 0.1) is 9.95 Å². The van der Waals surface area contributed by atoms with Gasteiger partial charge >= 0.3 is 0 Å². The second-order valence-corrected chi connectivity index (χ2v) is 4.70. The first kappa shape index (κ1) is 13.0. The number of hydrogen-bond donors (Lipinski definition) is 2. The molecule has 0 saturated carbocycles. The zero-order valence-electron chi connectivity index (χ0n) is 9.86. The van der Waals surface area contributed by atoms with Gasteiger partial charge in [0.2, 0.25) is 0 Å². The molecule has 7 heteroatoms. The summed E-state index contributed by atoms with van der Waals surface area (Å²) < 4.78 is 0. The van der Waals surface area contributed by atoms with E-state index in [0.717, 1.165) is 19.5 Å². The van der Waals surface area contributed by atoms with Gasteiger partial charge in [0.15, 0.2) is 0 Å². The van der Waals surface area contributed by atoms with Gasteiger partial charge in [-0.15, -0.1) is 0 Å². The van der Waals surface area contributed by atoms with E-state index in [1.165, 1.54) is 25.1 Å². The summed E-state index contributed by atoms with van der Waals surface area (Å²) in [6.07, 6.45) is 4.63. The number of nitro groups is 1. The number of hydrogen-bond acceptors (Lipinski definition) is 5. The Labute approximate surface area is 110 Å². The third-order valence-corrected chi connectivity index (χ3v) is 3.27. The Hall–Kier alpha value is -1.40. The molecule has 1 saturated heterocycles. The lowest BCUT2D eigenvalue weighted by molar-refractivity contribution is -0.385. The molecule has 1 aromatic rings. The Morgan fingerprint density at radius 2 is 2.50 bits per heavy atom. The standard InChI is InChI=1S/C11H15ClN4O2/c12-10-6-9(16(17)18)7-15-11(10)14-5-3-8-2-1-4-13-8/h6-8,13H,1-5H2,(H,14,15)/t8-/m0/s1. The second kappa shape index (κ2) is 5.97. The van der Waals surface area contributed by atoms with E-state index in [9.17, 15) is 10.1 Å². The minimum atomic E-state index is -0.509. The Morgan fingerprint density at radius 3 is 3.11 bits per heavy atom. The molecule has 1 aliphatic heterocycles. The van der Waals surface area contributed by atoms with Gasteiger partial charge < -0.3 is 10.6 Å². The third-order valence-electron chi connectivity index (χ3n) is 2.99. The first-order valence-corrected chi connectivity index (χ1v) is 6.32. The highest BCUT2D eigenvalue weighted by molar-refractivity contribution is 6.33. The quantitative estimate of drug-likeness (QED) is 0.633. The van der Waals surface area contributed by atoms with Gasteiger partial charge in [0, 0.05) is 18.7 Å². The fraction of sp³-hybridized carbons (Fsp3) is 0.545. The monoisotopic (exact) mass is 270 g/mol. The first-order valence-electron chi connectivity index (χ1n) is 5.94. The Bertz CT molecular complexity index is 435. The van der Waals surface area contributed by atoms with Crippen molar-refractivity contribution in [2.75, 3.05) is 18.4 Å². The van der Waals surface area contributed by atoms with Crippen molar-refractivity contribution in [3.63, 3.8) is 0 Å². The third kappa shape index (κ3) is 3.30. The summed E-state index contributed by atoms with van der Waals surface area (Å²) in [7, 11) is 0. The van der Waals surface area contributed by atoms with Gasteiger partial charge in [-0.3, -0.25) is 10.1 Å². The Balaban J connectivity index is 1.87. The predicted molar refractivity (Wildman–Crippen MR) is 70.0 cm³/mol. The van der Waals surface area contributed by atoms with Gasteiger partial charge in [-0.2, -0.15) is 0 Å². The van der Waals surface area contributed by atoms with E-state index >= 15 is 0 Å². The minimum Gasteiger partial charge on any atom is -0.369 e. The zero-order chi connectivity index (χ0) is 13.0. The summed E-state index contributed by atoms with van der Waals surface area (Å²) in [6, 6.07) is 1.86. The number of nitrogens with one attached hydrogen (secondary N) is 2. The molecule has 1 aromatic heterocycles. The van der Waals surface area contributed by atoms with Crippen LogP contribution in [0.15, 0.2) is 12.3 Å². The fourth-order valence-electron chi connectivity index (χ4n) is 2.03. The lowest BCUT2D eigenvalue weighted by Gasteiger charge is -2.11. The van der Waals surface area contributed by atoms with E-state index < -0.39 is 4.92 Å². The summed E-state index contributed by atoms with van der Waals surface area (Å²) in [5.74, 6) is 0.500. The maximum atomic E-state index is 10.5. The van der Waals surface area contributed by atoms with Gasteiger partial charge in [0.25, 0.3) is 5.69 Å². The van der Waals surface area contributed by atoms with Crippen molar-refractivity contribution in [1.82, 2.24) is 10.3 Å². The van der Waals surface area contributed by atoms with Crippen LogP contribution in [0.2, 0.25) is 5.02 Å². The number of halogens is 1. The Kier molecular flexibility index (Phi) is 4.33. The molecule has 1 aliphatic rings. The molecule has 0 bridgehead atoms. The Morgan fingerprint density at radius 1 is 1.67 bits per heavy atom. The van der Waals surface area contributed by atoms with Crippen LogP contribution in [0.25, 0.3) is 0 Å². The van der Waals surface area contributed by atoms with E-state index in [0.29, 0.717) is 11.9 Å². The molecule has 0 spiro atoms. The van der Waals surface area contributed by atoms with Crippen LogP contribution >= 0.6 is 11.6 Å². The average Bonchev–Trinajstić information content (AvgIpc) is 2.84. The molecular weight excluding hydrogens is 256 g/mol. The van der Waals surface area contributed by atoms with Crippen LogP contribution in [0.4, 0.5) is 11.5 Å². The van der Waals surface area contributed by atoms with Crippen LogP contribution < -0.4 is 10.6 Å². The summed E-state index contributed by atoms with van der Waals surface area (Å²) in [6.45, 7) is 1.84. The van der Waals surface area contributed by atoms with Gasteiger partial charge in [-0.05, 0) is 25.8 Å². The lowest BCUT2D eigenvalue weighted by atomic mass is 10.1. The SMILES string of the molecule is O=[N+]([O-])c1cnc(NCC[C@@H]2CCCN2)c(Cl)c1. The van der Waals surface area contributed by atoms with Gasteiger partial charge in [0.1, 0.15) is 12.0 Å². The summed E-state index contributed by atoms with van der Waals surface area (Å²) in [5, 5.41) is 17.3. The number of aromatic nitrogens is 1. The molecule has 0 radical (unpaired) electrons. The summed E-state index contributed by atoms with van der Waals surface area (Å²) in [5.41, 5.74) is -0.0944. The number of nitrogens with zero attached hydrogens (tertiary/aromatic N) is 2. The van der Waals surface area contributed by atoms with Crippen molar-refractivity contribution in [1.29, 1.82) is 0 Å². The van der Waals surface area contributed by atoms with Crippen LogP contribution in [0.3, 0.4) is 0 Å². The highest BCUT2D eigenvalue weighted by Gasteiger charge is 2.14. The number of rotatable bonds is 5. The molecule has 1 atom stereocenters. The van der Waals surface area contributed by atoms with Crippen molar-refractivity contribution in [3.8, 4) is 0 Å². The highest BCUT2D eigenvalue weighted by Crippen LogP contribution is 2.23. The molecule has 98 valence electrons. The van der Waals surface area contributed by atoms with Crippen molar-refractivity contribution >= 4 is 23.1 Å². The van der Waals surface area contributed by atoms with Gasteiger partial charge in [-0.25, -0.2) is 4.98 Å². The van der Waals surface area contributed by atoms with Crippen LogP contribution in [0.1, 0.15) is 19.3 Å². The van der Waals surface area contributed by atoms with E-state index in [1.807, 2.05) is 0 Å².